The van der Waals surface area contributed by atoms with Gasteiger partial charge in [0, 0.05) is 23.6 Å². The summed E-state index contributed by atoms with van der Waals surface area (Å²) in [4.78, 5) is 50.1. The first-order valence-electron chi connectivity index (χ1n) is 6.89. The lowest BCUT2D eigenvalue weighted by Crippen LogP contribution is -2.31. The molecule has 0 aromatic heterocycles. The zero-order chi connectivity index (χ0) is 17.6. The Bertz CT molecular complexity index is 835. The summed E-state index contributed by atoms with van der Waals surface area (Å²) in [6.45, 7) is -0.216. The van der Waals surface area contributed by atoms with E-state index in [9.17, 15) is 19.2 Å². The fraction of sp³-hybridized carbons (Fsp3) is 0.200. The lowest BCUT2D eigenvalue weighted by Gasteiger charge is -2.10. The zero-order valence-corrected chi connectivity index (χ0v) is 14.8. The fourth-order valence-corrected chi connectivity index (χ4v) is 3.88. The number of fused-ring (bicyclic) bond motifs is 1. The number of carboxylic acids is 1. The number of thioether (sulfide) groups is 1. The molecule has 0 spiro atoms. The molecule has 2 heterocycles. The first-order chi connectivity index (χ1) is 11.3. The SMILES string of the molecule is CN1C(=O)/C(=C2\SC(=O)N(CCC(=O)O)C2=O)c2cc(Br)ccc21. The molecule has 1 aromatic rings. The Balaban J connectivity index is 2.06. The van der Waals surface area contributed by atoms with Crippen LogP contribution in [0.3, 0.4) is 0 Å². The van der Waals surface area contributed by atoms with E-state index in [1.807, 2.05) is 0 Å². The van der Waals surface area contributed by atoms with Crippen LogP contribution in [0.1, 0.15) is 12.0 Å². The Morgan fingerprint density at radius 3 is 2.62 bits per heavy atom. The average molecular weight is 411 g/mol. The van der Waals surface area contributed by atoms with Crippen molar-refractivity contribution in [2.45, 2.75) is 6.42 Å². The quantitative estimate of drug-likeness (QED) is 0.768. The number of imide groups is 1. The number of carbonyl (C=O) groups is 4. The van der Waals surface area contributed by atoms with E-state index in [1.54, 1.807) is 25.2 Å². The van der Waals surface area contributed by atoms with Crippen molar-refractivity contribution in [2.75, 3.05) is 18.5 Å². The van der Waals surface area contributed by atoms with Crippen molar-refractivity contribution < 1.29 is 24.3 Å². The van der Waals surface area contributed by atoms with Crippen molar-refractivity contribution in [3.63, 3.8) is 0 Å². The number of aliphatic carboxylic acids is 1. The van der Waals surface area contributed by atoms with Crippen molar-refractivity contribution in [3.05, 3.63) is 33.1 Å². The number of anilines is 1. The second-order valence-electron chi connectivity index (χ2n) is 5.20. The van der Waals surface area contributed by atoms with Gasteiger partial charge in [0.25, 0.3) is 17.1 Å². The standard InChI is InChI=1S/C15H11BrN2O5S/c1-17-9-3-2-7(16)6-8(9)11(13(17)21)12-14(22)18(15(23)24-12)5-4-10(19)20/h2-3,6H,4-5H2,1H3,(H,19,20)/b12-11-. The van der Waals surface area contributed by atoms with Gasteiger partial charge in [-0.3, -0.25) is 24.1 Å². The molecule has 1 aromatic carbocycles. The van der Waals surface area contributed by atoms with Crippen molar-refractivity contribution in [3.8, 4) is 0 Å². The second kappa shape index (κ2) is 6.06. The maximum atomic E-state index is 12.5. The molecule has 1 saturated heterocycles. The minimum absolute atomic E-state index is 0.0408. The summed E-state index contributed by atoms with van der Waals surface area (Å²) in [5, 5.41) is 8.16. The van der Waals surface area contributed by atoms with E-state index < -0.39 is 17.1 Å². The Kier molecular flexibility index (Phi) is 4.22. The smallest absolute Gasteiger partial charge is 0.305 e. The van der Waals surface area contributed by atoms with Gasteiger partial charge in [-0.15, -0.1) is 0 Å². The van der Waals surface area contributed by atoms with Gasteiger partial charge in [0.15, 0.2) is 0 Å². The van der Waals surface area contributed by atoms with Crippen LogP contribution in [-0.2, 0) is 14.4 Å². The molecule has 24 heavy (non-hydrogen) atoms. The number of benzene rings is 1. The molecule has 0 aliphatic carbocycles. The first kappa shape index (κ1) is 16.7. The highest BCUT2D eigenvalue weighted by Crippen LogP contribution is 2.44. The molecule has 7 nitrogen and oxygen atoms in total. The van der Waals surface area contributed by atoms with Crippen molar-refractivity contribution in [1.29, 1.82) is 0 Å². The molecular formula is C15H11BrN2O5S. The minimum Gasteiger partial charge on any atom is -0.481 e. The van der Waals surface area contributed by atoms with E-state index >= 15 is 0 Å². The summed E-state index contributed by atoms with van der Waals surface area (Å²) in [5.74, 6) is -2.10. The van der Waals surface area contributed by atoms with E-state index in [1.165, 1.54) is 4.90 Å². The largest absolute Gasteiger partial charge is 0.481 e. The van der Waals surface area contributed by atoms with Crippen LogP contribution in [0.15, 0.2) is 27.6 Å². The van der Waals surface area contributed by atoms with Crippen molar-refractivity contribution in [1.82, 2.24) is 4.90 Å². The van der Waals surface area contributed by atoms with Gasteiger partial charge in [-0.1, -0.05) is 15.9 Å². The van der Waals surface area contributed by atoms with E-state index in [2.05, 4.69) is 15.9 Å². The lowest BCUT2D eigenvalue weighted by atomic mass is 10.1. The molecule has 3 rings (SSSR count). The third kappa shape index (κ3) is 2.63. The number of carboxylic acid groups (broad SMARTS) is 1. The van der Waals surface area contributed by atoms with E-state index in [0.717, 1.165) is 9.37 Å². The molecule has 0 unspecified atom stereocenters. The molecule has 0 saturated carbocycles. The highest BCUT2D eigenvalue weighted by atomic mass is 79.9. The molecule has 0 bridgehead atoms. The van der Waals surface area contributed by atoms with Gasteiger partial charge in [0.2, 0.25) is 0 Å². The fourth-order valence-electron chi connectivity index (χ4n) is 2.56. The predicted molar refractivity (Wildman–Crippen MR) is 91.4 cm³/mol. The van der Waals surface area contributed by atoms with Gasteiger partial charge in [-0.25, -0.2) is 0 Å². The Morgan fingerprint density at radius 2 is 1.96 bits per heavy atom. The van der Waals surface area contributed by atoms with Gasteiger partial charge in [-0.05, 0) is 30.0 Å². The number of rotatable bonds is 3. The van der Waals surface area contributed by atoms with Crippen molar-refractivity contribution in [2.24, 2.45) is 0 Å². The topological polar surface area (TPSA) is 95.0 Å². The molecule has 0 radical (unpaired) electrons. The molecule has 2 aliphatic rings. The van der Waals surface area contributed by atoms with Gasteiger partial charge >= 0.3 is 5.97 Å². The Labute approximate surface area is 149 Å². The Morgan fingerprint density at radius 1 is 1.25 bits per heavy atom. The summed E-state index contributed by atoms with van der Waals surface area (Å²) in [6.07, 6.45) is -0.337. The van der Waals surface area contributed by atoms with Gasteiger partial charge < -0.3 is 10.0 Å². The third-order valence-corrected chi connectivity index (χ3v) is 5.20. The second-order valence-corrected chi connectivity index (χ2v) is 7.08. The lowest BCUT2D eigenvalue weighted by molar-refractivity contribution is -0.137. The number of hydrogen-bond donors (Lipinski definition) is 1. The van der Waals surface area contributed by atoms with E-state index in [0.29, 0.717) is 23.0 Å². The van der Waals surface area contributed by atoms with E-state index in [-0.39, 0.29) is 29.4 Å². The summed E-state index contributed by atoms with van der Waals surface area (Å²) >= 11 is 4.00. The zero-order valence-electron chi connectivity index (χ0n) is 12.4. The molecule has 124 valence electrons. The van der Waals surface area contributed by atoms with Gasteiger partial charge in [0.05, 0.1) is 22.6 Å². The highest BCUT2D eigenvalue weighted by molar-refractivity contribution is 9.10. The summed E-state index contributed by atoms with van der Waals surface area (Å²) < 4.78 is 0.743. The molecule has 1 N–H and O–H groups in total. The number of halogens is 1. The molecular weight excluding hydrogens is 400 g/mol. The first-order valence-corrected chi connectivity index (χ1v) is 8.50. The average Bonchev–Trinajstić information content (AvgIpc) is 2.92. The summed E-state index contributed by atoms with van der Waals surface area (Å²) in [6, 6.07) is 5.25. The minimum atomic E-state index is -1.10. The maximum Gasteiger partial charge on any atom is 0.305 e. The summed E-state index contributed by atoms with van der Waals surface area (Å²) in [5.41, 5.74) is 1.39. The van der Waals surface area contributed by atoms with Crippen LogP contribution >= 0.6 is 27.7 Å². The Hall–Kier alpha value is -2.13. The summed E-state index contributed by atoms with van der Waals surface area (Å²) in [7, 11) is 1.59. The molecule has 1 fully saturated rings. The van der Waals surface area contributed by atoms with Gasteiger partial charge in [-0.2, -0.15) is 0 Å². The number of carbonyl (C=O) groups excluding carboxylic acids is 3. The molecule has 2 aliphatic heterocycles. The van der Waals surface area contributed by atoms with E-state index in [4.69, 9.17) is 5.11 Å². The van der Waals surface area contributed by atoms with Crippen LogP contribution in [0.5, 0.6) is 0 Å². The van der Waals surface area contributed by atoms with Crippen LogP contribution in [0, 0.1) is 0 Å². The molecule has 9 heteroatoms. The normalized spacial score (nSPS) is 20.2. The van der Waals surface area contributed by atoms with Crippen LogP contribution in [0.2, 0.25) is 0 Å². The molecule has 0 atom stereocenters. The maximum absolute atomic E-state index is 12.5. The van der Waals surface area contributed by atoms with Crippen molar-refractivity contribution >= 4 is 62.0 Å². The number of hydrogen-bond acceptors (Lipinski definition) is 5. The third-order valence-electron chi connectivity index (χ3n) is 3.73. The van der Waals surface area contributed by atoms with Crippen LogP contribution in [0.25, 0.3) is 5.57 Å². The number of nitrogens with zero attached hydrogens (tertiary/aromatic N) is 2. The highest BCUT2D eigenvalue weighted by Gasteiger charge is 2.42. The predicted octanol–water partition coefficient (Wildman–Crippen LogP) is 2.31. The van der Waals surface area contributed by atoms with Crippen LogP contribution in [0.4, 0.5) is 10.5 Å². The number of amides is 3. The molecule has 3 amide bonds. The monoisotopic (exact) mass is 410 g/mol. The number of likely N-dealkylation sites (N-methyl/N-ethyl adjacent to an activating group) is 1. The van der Waals surface area contributed by atoms with Gasteiger partial charge in [0.1, 0.15) is 0 Å². The van der Waals surface area contributed by atoms with Crippen LogP contribution in [-0.4, -0.2) is 46.6 Å². The van der Waals surface area contributed by atoms with Crippen LogP contribution < -0.4 is 4.90 Å².